The van der Waals surface area contributed by atoms with E-state index < -0.39 is 16.2 Å². The van der Waals surface area contributed by atoms with Crippen LogP contribution in [0.5, 0.6) is 0 Å². The van der Waals surface area contributed by atoms with E-state index in [1.807, 2.05) is 13.8 Å². The van der Waals surface area contributed by atoms with Crippen LogP contribution in [0, 0.1) is 16.7 Å². The van der Waals surface area contributed by atoms with Gasteiger partial charge in [-0.05, 0) is 44.5 Å². The van der Waals surface area contributed by atoms with Crippen molar-refractivity contribution in [3.05, 3.63) is 29.3 Å². The van der Waals surface area contributed by atoms with Crippen molar-refractivity contribution in [1.29, 1.82) is 5.26 Å². The lowest BCUT2D eigenvalue weighted by Gasteiger charge is -2.13. The van der Waals surface area contributed by atoms with E-state index in [0.717, 1.165) is 4.90 Å². The minimum Gasteiger partial charge on any atom is -0.254 e. The zero-order valence-corrected chi connectivity index (χ0v) is 10.9. The van der Waals surface area contributed by atoms with Crippen molar-refractivity contribution in [2.75, 3.05) is 5.75 Å². The van der Waals surface area contributed by atoms with Gasteiger partial charge in [-0.2, -0.15) is 5.26 Å². The standard InChI is InChI=1S/C12H14ClNOS/c1-12(2,9-14)7-8-16(15)11-5-3-10(13)4-6-11/h3-6H,7-8H2,1-2H3. The van der Waals surface area contributed by atoms with Crippen LogP contribution in [0.1, 0.15) is 20.3 Å². The smallest absolute Gasteiger partial charge is 0.0684 e. The number of rotatable bonds is 4. The Morgan fingerprint density at radius 1 is 1.38 bits per heavy atom. The molecule has 0 aliphatic rings. The molecule has 0 aromatic heterocycles. The number of hydrogen-bond donors (Lipinski definition) is 0. The first-order valence-electron chi connectivity index (χ1n) is 5.00. The lowest BCUT2D eigenvalue weighted by Crippen LogP contribution is -2.12. The van der Waals surface area contributed by atoms with E-state index >= 15 is 0 Å². The molecular weight excluding hydrogens is 242 g/mol. The Balaban J connectivity index is 2.61. The number of benzene rings is 1. The number of nitriles is 1. The fourth-order valence-electron chi connectivity index (χ4n) is 1.11. The highest BCUT2D eigenvalue weighted by molar-refractivity contribution is 7.85. The molecule has 1 rings (SSSR count). The highest BCUT2D eigenvalue weighted by atomic mass is 35.5. The molecule has 0 saturated heterocycles. The Morgan fingerprint density at radius 2 is 1.94 bits per heavy atom. The summed E-state index contributed by atoms with van der Waals surface area (Å²) >= 11 is 5.75. The van der Waals surface area contributed by atoms with Crippen LogP contribution >= 0.6 is 11.6 Å². The molecule has 1 atom stereocenters. The molecule has 0 aliphatic heterocycles. The number of nitrogens with zero attached hydrogens (tertiary/aromatic N) is 1. The van der Waals surface area contributed by atoms with Crippen molar-refractivity contribution >= 4 is 22.4 Å². The van der Waals surface area contributed by atoms with E-state index in [2.05, 4.69) is 6.07 Å². The van der Waals surface area contributed by atoms with Gasteiger partial charge in [0.2, 0.25) is 0 Å². The molecule has 2 nitrogen and oxygen atoms in total. The summed E-state index contributed by atoms with van der Waals surface area (Å²) in [5.74, 6) is 0.502. The topological polar surface area (TPSA) is 40.9 Å². The number of hydrogen-bond acceptors (Lipinski definition) is 2. The molecule has 0 bridgehead atoms. The van der Waals surface area contributed by atoms with Gasteiger partial charge in [0, 0.05) is 15.7 Å². The van der Waals surface area contributed by atoms with Crippen LogP contribution in [0.15, 0.2) is 29.2 Å². The molecule has 0 saturated carbocycles. The second-order valence-corrected chi connectivity index (χ2v) is 6.26. The first-order chi connectivity index (χ1) is 7.44. The predicted molar refractivity (Wildman–Crippen MR) is 66.7 cm³/mol. The molecule has 0 fully saturated rings. The van der Waals surface area contributed by atoms with Crippen molar-refractivity contribution in [1.82, 2.24) is 0 Å². The van der Waals surface area contributed by atoms with E-state index in [9.17, 15) is 4.21 Å². The van der Waals surface area contributed by atoms with Gasteiger partial charge in [0.15, 0.2) is 0 Å². The predicted octanol–water partition coefficient (Wildman–Crippen LogP) is 3.39. The molecule has 16 heavy (non-hydrogen) atoms. The second kappa shape index (κ2) is 5.47. The summed E-state index contributed by atoms with van der Waals surface area (Å²) in [7, 11) is -1.05. The fourth-order valence-corrected chi connectivity index (χ4v) is 2.61. The van der Waals surface area contributed by atoms with E-state index in [1.54, 1.807) is 24.3 Å². The summed E-state index contributed by atoms with van der Waals surface area (Å²) in [4.78, 5) is 0.762. The molecule has 0 N–H and O–H groups in total. The van der Waals surface area contributed by atoms with Gasteiger partial charge in [-0.15, -0.1) is 0 Å². The SMILES string of the molecule is CC(C)(C#N)CCS(=O)c1ccc(Cl)cc1. The Morgan fingerprint density at radius 3 is 2.44 bits per heavy atom. The summed E-state index contributed by atoms with van der Waals surface area (Å²) in [6.45, 7) is 3.71. The summed E-state index contributed by atoms with van der Waals surface area (Å²) in [6, 6.07) is 9.18. The van der Waals surface area contributed by atoms with Gasteiger partial charge in [-0.3, -0.25) is 4.21 Å². The summed E-state index contributed by atoms with van der Waals surface area (Å²) in [5.41, 5.74) is -0.415. The van der Waals surface area contributed by atoms with Crippen LogP contribution in [-0.4, -0.2) is 9.96 Å². The molecule has 0 aliphatic carbocycles. The fraction of sp³-hybridized carbons (Fsp3) is 0.417. The largest absolute Gasteiger partial charge is 0.254 e. The molecular formula is C12H14ClNOS. The lowest BCUT2D eigenvalue weighted by molar-refractivity contribution is 0.479. The highest BCUT2D eigenvalue weighted by Gasteiger charge is 2.18. The van der Waals surface area contributed by atoms with Crippen LogP contribution in [0.25, 0.3) is 0 Å². The van der Waals surface area contributed by atoms with Crippen molar-refractivity contribution in [3.63, 3.8) is 0 Å². The monoisotopic (exact) mass is 255 g/mol. The van der Waals surface area contributed by atoms with Gasteiger partial charge in [-0.1, -0.05) is 11.6 Å². The molecule has 1 aromatic carbocycles. The quantitative estimate of drug-likeness (QED) is 0.828. The van der Waals surface area contributed by atoms with Crippen molar-refractivity contribution in [3.8, 4) is 6.07 Å². The maximum absolute atomic E-state index is 11.9. The minimum atomic E-state index is -1.05. The third kappa shape index (κ3) is 3.96. The van der Waals surface area contributed by atoms with Crippen LogP contribution in [0.3, 0.4) is 0 Å². The molecule has 4 heteroatoms. The van der Waals surface area contributed by atoms with Gasteiger partial charge in [0.1, 0.15) is 0 Å². The minimum absolute atomic E-state index is 0.415. The Kier molecular flexibility index (Phi) is 4.52. The summed E-state index contributed by atoms with van der Waals surface area (Å²) in [5, 5.41) is 9.48. The molecule has 0 spiro atoms. The summed E-state index contributed by atoms with van der Waals surface area (Å²) in [6.07, 6.45) is 0.624. The molecule has 0 radical (unpaired) electrons. The van der Waals surface area contributed by atoms with Crippen LogP contribution in [0.4, 0.5) is 0 Å². The average Bonchev–Trinajstić information content (AvgIpc) is 2.27. The van der Waals surface area contributed by atoms with Crippen molar-refractivity contribution in [2.24, 2.45) is 5.41 Å². The molecule has 1 aromatic rings. The third-order valence-corrected chi connectivity index (χ3v) is 3.92. The molecule has 1 unspecified atom stereocenters. The van der Waals surface area contributed by atoms with Crippen LogP contribution in [-0.2, 0) is 10.8 Å². The van der Waals surface area contributed by atoms with Crippen LogP contribution < -0.4 is 0 Å². The van der Waals surface area contributed by atoms with Gasteiger partial charge in [-0.25, -0.2) is 0 Å². The maximum atomic E-state index is 11.9. The third-order valence-electron chi connectivity index (χ3n) is 2.29. The number of halogens is 1. The maximum Gasteiger partial charge on any atom is 0.0684 e. The van der Waals surface area contributed by atoms with E-state index in [0.29, 0.717) is 17.2 Å². The Bertz CT molecular complexity index is 420. The van der Waals surface area contributed by atoms with Gasteiger partial charge in [0.25, 0.3) is 0 Å². The average molecular weight is 256 g/mol. The van der Waals surface area contributed by atoms with E-state index in [-0.39, 0.29) is 0 Å². The zero-order valence-electron chi connectivity index (χ0n) is 9.37. The molecule has 86 valence electrons. The second-order valence-electron chi connectivity index (χ2n) is 4.25. The van der Waals surface area contributed by atoms with Gasteiger partial charge in [0.05, 0.1) is 22.3 Å². The van der Waals surface area contributed by atoms with Crippen LogP contribution in [0.2, 0.25) is 5.02 Å². The lowest BCUT2D eigenvalue weighted by atomic mass is 9.93. The molecule has 0 amide bonds. The van der Waals surface area contributed by atoms with Gasteiger partial charge >= 0.3 is 0 Å². The van der Waals surface area contributed by atoms with E-state index in [1.165, 1.54) is 0 Å². The first-order valence-corrected chi connectivity index (χ1v) is 6.69. The zero-order chi connectivity index (χ0) is 12.2. The summed E-state index contributed by atoms with van der Waals surface area (Å²) < 4.78 is 11.9. The normalized spacial score (nSPS) is 13.1. The molecule has 0 heterocycles. The Hall–Kier alpha value is -0.850. The van der Waals surface area contributed by atoms with Crippen molar-refractivity contribution < 1.29 is 4.21 Å². The Labute approximate surface area is 104 Å². The first kappa shape index (κ1) is 13.2. The van der Waals surface area contributed by atoms with Crippen molar-refractivity contribution in [2.45, 2.75) is 25.2 Å². The highest BCUT2D eigenvalue weighted by Crippen LogP contribution is 2.21. The van der Waals surface area contributed by atoms with Gasteiger partial charge < -0.3 is 0 Å². The van der Waals surface area contributed by atoms with E-state index in [4.69, 9.17) is 16.9 Å².